The zero-order chi connectivity index (χ0) is 8.72. The Labute approximate surface area is 68.2 Å². The average Bonchev–Trinajstić information content (AvgIpc) is 2.55. The standard InChI is InChI=1S/C8H6O4/c9-3-4-1-5-6(2-4)8(11)12-7(5)10/h5-6H,1-2H2. The first-order valence-electron chi connectivity index (χ1n) is 3.70. The lowest BCUT2D eigenvalue weighted by Crippen LogP contribution is -2.09. The van der Waals surface area contributed by atoms with Crippen molar-refractivity contribution in [3.8, 4) is 0 Å². The number of rotatable bonds is 0. The van der Waals surface area contributed by atoms with E-state index in [1.807, 2.05) is 0 Å². The Hall–Kier alpha value is -1.41. The molecule has 0 N–H and O–H groups in total. The van der Waals surface area contributed by atoms with Crippen LogP contribution in [0.3, 0.4) is 0 Å². The van der Waals surface area contributed by atoms with Crippen LogP contribution in [0.1, 0.15) is 12.8 Å². The van der Waals surface area contributed by atoms with Gasteiger partial charge in [-0.2, -0.15) is 0 Å². The zero-order valence-corrected chi connectivity index (χ0v) is 6.20. The van der Waals surface area contributed by atoms with E-state index in [-0.39, 0.29) is 0 Å². The first-order chi connectivity index (χ1) is 5.72. The van der Waals surface area contributed by atoms with Crippen molar-refractivity contribution in [2.75, 3.05) is 0 Å². The largest absolute Gasteiger partial charge is 0.393 e. The van der Waals surface area contributed by atoms with E-state index in [1.165, 1.54) is 0 Å². The van der Waals surface area contributed by atoms with Crippen molar-refractivity contribution in [2.45, 2.75) is 12.8 Å². The predicted molar refractivity (Wildman–Crippen MR) is 36.5 cm³/mol. The average molecular weight is 166 g/mol. The molecule has 2 fully saturated rings. The Kier molecular flexibility index (Phi) is 1.38. The highest BCUT2D eigenvalue weighted by atomic mass is 16.6. The fourth-order valence-corrected chi connectivity index (χ4v) is 1.73. The van der Waals surface area contributed by atoms with Gasteiger partial charge >= 0.3 is 11.9 Å². The number of esters is 2. The summed E-state index contributed by atoms with van der Waals surface area (Å²) < 4.78 is 4.40. The predicted octanol–water partition coefficient (Wildman–Crippen LogP) is -0.146. The highest BCUT2D eigenvalue weighted by molar-refractivity contribution is 5.98. The number of carbonyl (C=O) groups is 2. The topological polar surface area (TPSA) is 60.4 Å². The maximum Gasteiger partial charge on any atom is 0.317 e. The molecule has 2 rings (SSSR count). The molecule has 62 valence electrons. The molecule has 1 aliphatic heterocycles. The van der Waals surface area contributed by atoms with Crippen LogP contribution in [-0.4, -0.2) is 17.9 Å². The second-order valence-corrected chi connectivity index (χ2v) is 3.07. The van der Waals surface area contributed by atoms with Crippen molar-refractivity contribution in [1.82, 2.24) is 0 Å². The summed E-state index contributed by atoms with van der Waals surface area (Å²) in [6.45, 7) is 0. The normalized spacial score (nSPS) is 33.2. The maximum atomic E-state index is 10.9. The number of carbonyl (C=O) groups excluding carboxylic acids is 3. The highest BCUT2D eigenvalue weighted by Crippen LogP contribution is 2.40. The van der Waals surface area contributed by atoms with E-state index in [1.54, 1.807) is 5.94 Å². The van der Waals surface area contributed by atoms with Gasteiger partial charge in [0.1, 0.15) is 5.94 Å². The van der Waals surface area contributed by atoms with Crippen LogP contribution in [-0.2, 0) is 19.1 Å². The van der Waals surface area contributed by atoms with E-state index in [2.05, 4.69) is 4.74 Å². The van der Waals surface area contributed by atoms with Gasteiger partial charge in [-0.05, 0) is 12.8 Å². The summed E-state index contributed by atoms with van der Waals surface area (Å²) in [7, 11) is 0. The van der Waals surface area contributed by atoms with Crippen LogP contribution in [0, 0.1) is 11.8 Å². The molecule has 0 aromatic heterocycles. The molecule has 0 spiro atoms. The SMILES string of the molecule is O=C=C1CC2C(=O)OC(=O)C2C1. The van der Waals surface area contributed by atoms with E-state index >= 15 is 0 Å². The Morgan fingerprint density at radius 3 is 2.08 bits per heavy atom. The van der Waals surface area contributed by atoms with Gasteiger partial charge in [-0.1, -0.05) is 0 Å². The fourth-order valence-electron chi connectivity index (χ4n) is 1.73. The van der Waals surface area contributed by atoms with Crippen LogP contribution in [0.4, 0.5) is 0 Å². The first-order valence-corrected chi connectivity index (χ1v) is 3.70. The van der Waals surface area contributed by atoms with E-state index in [4.69, 9.17) is 0 Å². The van der Waals surface area contributed by atoms with Crippen LogP contribution in [0.2, 0.25) is 0 Å². The Morgan fingerprint density at radius 2 is 1.67 bits per heavy atom. The van der Waals surface area contributed by atoms with Crippen molar-refractivity contribution in [1.29, 1.82) is 0 Å². The zero-order valence-electron chi connectivity index (χ0n) is 6.20. The van der Waals surface area contributed by atoms with Gasteiger partial charge in [0.15, 0.2) is 0 Å². The van der Waals surface area contributed by atoms with E-state index in [9.17, 15) is 14.4 Å². The number of fused-ring (bicyclic) bond motifs is 1. The van der Waals surface area contributed by atoms with Gasteiger partial charge in [-0.25, -0.2) is 4.79 Å². The molecule has 1 saturated carbocycles. The minimum atomic E-state index is -0.491. The molecule has 0 radical (unpaired) electrons. The van der Waals surface area contributed by atoms with Gasteiger partial charge < -0.3 is 4.74 Å². The second kappa shape index (κ2) is 2.29. The number of cyclic esters (lactones) is 2. The minimum absolute atomic E-state index is 0.346. The summed E-state index contributed by atoms with van der Waals surface area (Å²) in [5, 5.41) is 0. The Morgan fingerprint density at radius 1 is 1.17 bits per heavy atom. The van der Waals surface area contributed by atoms with Gasteiger partial charge in [-0.3, -0.25) is 9.59 Å². The number of ether oxygens (including phenoxy) is 1. The summed E-state index contributed by atoms with van der Waals surface area (Å²) in [6.07, 6.45) is 0.692. The molecule has 4 nitrogen and oxygen atoms in total. The number of hydrogen-bond acceptors (Lipinski definition) is 4. The van der Waals surface area contributed by atoms with Crippen LogP contribution in [0.5, 0.6) is 0 Å². The second-order valence-electron chi connectivity index (χ2n) is 3.07. The van der Waals surface area contributed by atoms with Crippen LogP contribution < -0.4 is 0 Å². The lowest BCUT2D eigenvalue weighted by atomic mass is 10.00. The van der Waals surface area contributed by atoms with Crippen molar-refractivity contribution in [3.63, 3.8) is 0 Å². The summed E-state index contributed by atoms with van der Waals surface area (Å²) in [5.41, 5.74) is 0.523. The summed E-state index contributed by atoms with van der Waals surface area (Å²) in [6, 6.07) is 0. The van der Waals surface area contributed by atoms with E-state index in [0.717, 1.165) is 0 Å². The number of allylic oxidation sites excluding steroid dienone is 1. The molecule has 0 aromatic rings. The van der Waals surface area contributed by atoms with Crippen molar-refractivity contribution < 1.29 is 19.1 Å². The highest BCUT2D eigenvalue weighted by Gasteiger charge is 2.49. The first kappa shape index (κ1) is 7.25. The molecule has 0 bridgehead atoms. The molecule has 2 aliphatic rings. The molecule has 1 aliphatic carbocycles. The van der Waals surface area contributed by atoms with Crippen LogP contribution >= 0.6 is 0 Å². The van der Waals surface area contributed by atoms with Gasteiger partial charge in [0, 0.05) is 5.57 Å². The van der Waals surface area contributed by atoms with Gasteiger partial charge in [0.2, 0.25) is 0 Å². The van der Waals surface area contributed by atoms with Gasteiger partial charge in [0.05, 0.1) is 11.8 Å². The lowest BCUT2D eigenvalue weighted by molar-refractivity contribution is -0.154. The molecule has 2 unspecified atom stereocenters. The fraction of sp³-hybridized carbons (Fsp3) is 0.500. The quantitative estimate of drug-likeness (QED) is 0.285. The monoisotopic (exact) mass is 166 g/mol. The third-order valence-corrected chi connectivity index (χ3v) is 2.37. The molecule has 4 heteroatoms. The van der Waals surface area contributed by atoms with Crippen LogP contribution in [0.15, 0.2) is 5.57 Å². The maximum absolute atomic E-state index is 10.9. The van der Waals surface area contributed by atoms with Crippen molar-refractivity contribution in [2.24, 2.45) is 11.8 Å². The smallest absolute Gasteiger partial charge is 0.317 e. The molecule has 1 heterocycles. The summed E-state index contributed by atoms with van der Waals surface area (Å²) in [4.78, 5) is 32.1. The third kappa shape index (κ3) is 0.818. The van der Waals surface area contributed by atoms with Crippen LogP contribution in [0.25, 0.3) is 0 Å². The Bertz CT molecular complexity index is 287. The Balaban J connectivity index is 2.31. The lowest BCUT2D eigenvalue weighted by Gasteiger charge is -1.95. The molecule has 12 heavy (non-hydrogen) atoms. The number of hydrogen-bond donors (Lipinski definition) is 0. The van der Waals surface area contributed by atoms with Crippen molar-refractivity contribution in [3.05, 3.63) is 5.57 Å². The van der Waals surface area contributed by atoms with Gasteiger partial charge in [0.25, 0.3) is 0 Å². The third-order valence-electron chi connectivity index (χ3n) is 2.37. The summed E-state index contributed by atoms with van der Waals surface area (Å²) in [5.74, 6) is -0.0575. The molecule has 0 amide bonds. The molecule has 2 atom stereocenters. The molecular formula is C8H6O4. The van der Waals surface area contributed by atoms with E-state index < -0.39 is 23.8 Å². The molecular weight excluding hydrogens is 160 g/mol. The molecule has 0 aromatic carbocycles. The summed E-state index contributed by atoms with van der Waals surface area (Å²) >= 11 is 0. The minimum Gasteiger partial charge on any atom is -0.393 e. The molecule has 1 saturated heterocycles. The van der Waals surface area contributed by atoms with E-state index in [0.29, 0.717) is 18.4 Å². The van der Waals surface area contributed by atoms with Gasteiger partial charge in [-0.15, -0.1) is 0 Å². The van der Waals surface area contributed by atoms with Crippen molar-refractivity contribution >= 4 is 17.9 Å².